The van der Waals surface area contributed by atoms with E-state index in [1.807, 2.05) is 40.7 Å². The van der Waals surface area contributed by atoms with Crippen LogP contribution in [0.15, 0.2) is 24.3 Å². The summed E-state index contributed by atoms with van der Waals surface area (Å²) in [5.74, 6) is 0.426. The van der Waals surface area contributed by atoms with Gasteiger partial charge in [0.2, 0.25) is 0 Å². The van der Waals surface area contributed by atoms with Crippen LogP contribution in [-0.4, -0.2) is 23.7 Å². The lowest BCUT2D eigenvalue weighted by Gasteiger charge is -2.32. The summed E-state index contributed by atoms with van der Waals surface area (Å²) in [5, 5.41) is 10.3. The highest BCUT2D eigenvalue weighted by molar-refractivity contribution is 7.14. The molecule has 3 N–H and O–H groups in total. The first kappa shape index (κ1) is 23.4. The summed E-state index contributed by atoms with van der Waals surface area (Å²) in [6.07, 6.45) is 1.31. The van der Waals surface area contributed by atoms with Crippen molar-refractivity contribution in [2.45, 2.75) is 72.8 Å². The van der Waals surface area contributed by atoms with Crippen LogP contribution in [0.2, 0.25) is 0 Å². The molecule has 1 aromatic carbocycles. The molecule has 4 nitrogen and oxygen atoms in total. The van der Waals surface area contributed by atoms with E-state index in [2.05, 4.69) is 32.0 Å². The van der Waals surface area contributed by atoms with E-state index in [0.717, 1.165) is 29.7 Å². The predicted octanol–water partition coefficient (Wildman–Crippen LogP) is 5.36. The summed E-state index contributed by atoms with van der Waals surface area (Å²) in [5.41, 5.74) is 8.36. The Kier molecular flexibility index (Phi) is 7.18. The maximum absolute atomic E-state index is 11.8. The summed E-state index contributed by atoms with van der Waals surface area (Å²) in [7, 11) is 0. The SMILES string of the molecule is CCC(CC)(c1ccc(OCC(O)C(C)(C)C)c(C)c1)c1cc(C)c(C(N)=O)s1. The van der Waals surface area contributed by atoms with Gasteiger partial charge in [-0.2, -0.15) is 0 Å². The van der Waals surface area contributed by atoms with Crippen LogP contribution in [0, 0.1) is 19.3 Å². The van der Waals surface area contributed by atoms with Crippen molar-refractivity contribution >= 4 is 17.2 Å². The van der Waals surface area contributed by atoms with Crippen LogP contribution in [0.4, 0.5) is 0 Å². The number of hydrogen-bond donors (Lipinski definition) is 2. The van der Waals surface area contributed by atoms with Gasteiger partial charge in [-0.1, -0.05) is 46.8 Å². The second-order valence-electron chi connectivity index (χ2n) is 8.95. The van der Waals surface area contributed by atoms with Crippen LogP contribution in [0.25, 0.3) is 0 Å². The van der Waals surface area contributed by atoms with Crippen molar-refractivity contribution in [3.05, 3.63) is 50.7 Å². The van der Waals surface area contributed by atoms with Crippen LogP contribution in [0.1, 0.15) is 78.7 Å². The summed E-state index contributed by atoms with van der Waals surface area (Å²) in [6, 6.07) is 8.38. The molecule has 0 spiro atoms. The second-order valence-corrected chi connectivity index (χ2v) is 10.0. The maximum atomic E-state index is 11.8. The average Bonchev–Trinajstić information content (AvgIpc) is 3.04. The summed E-state index contributed by atoms with van der Waals surface area (Å²) >= 11 is 1.51. The van der Waals surface area contributed by atoms with E-state index in [9.17, 15) is 9.90 Å². The van der Waals surface area contributed by atoms with Crippen LogP contribution >= 0.6 is 11.3 Å². The summed E-state index contributed by atoms with van der Waals surface area (Å²) < 4.78 is 5.91. The first-order chi connectivity index (χ1) is 13.5. The molecule has 0 saturated carbocycles. The van der Waals surface area contributed by atoms with E-state index in [4.69, 9.17) is 10.5 Å². The third-order valence-corrected chi connectivity index (χ3v) is 7.40. The molecule has 2 aromatic rings. The molecule has 1 atom stereocenters. The highest BCUT2D eigenvalue weighted by Crippen LogP contribution is 2.44. The Morgan fingerprint density at radius 3 is 2.21 bits per heavy atom. The second kappa shape index (κ2) is 8.88. The molecule has 0 aliphatic carbocycles. The molecule has 0 saturated heterocycles. The number of aryl methyl sites for hydroxylation is 2. The number of hydrogen-bond acceptors (Lipinski definition) is 4. The summed E-state index contributed by atoms with van der Waals surface area (Å²) in [6.45, 7) is 14.6. The number of aliphatic hydroxyl groups is 1. The van der Waals surface area contributed by atoms with Crippen LogP contribution in [0.3, 0.4) is 0 Å². The molecule has 160 valence electrons. The smallest absolute Gasteiger partial charge is 0.259 e. The zero-order chi connectivity index (χ0) is 22.0. The Hall–Kier alpha value is -1.85. The molecule has 1 unspecified atom stereocenters. The van der Waals surface area contributed by atoms with Crippen molar-refractivity contribution < 1.29 is 14.6 Å². The van der Waals surface area contributed by atoms with E-state index in [-0.39, 0.29) is 23.3 Å². The predicted molar refractivity (Wildman–Crippen MR) is 121 cm³/mol. The molecule has 0 fully saturated rings. The highest BCUT2D eigenvalue weighted by atomic mass is 32.1. The van der Waals surface area contributed by atoms with Gasteiger partial charge in [-0.05, 0) is 60.9 Å². The zero-order valence-electron chi connectivity index (χ0n) is 18.8. The van der Waals surface area contributed by atoms with Crippen molar-refractivity contribution in [1.29, 1.82) is 0 Å². The molecule has 0 aliphatic rings. The minimum Gasteiger partial charge on any atom is -0.491 e. The van der Waals surface area contributed by atoms with Gasteiger partial charge in [0, 0.05) is 10.3 Å². The number of ether oxygens (including phenoxy) is 1. The lowest BCUT2D eigenvalue weighted by Crippen LogP contribution is -2.32. The zero-order valence-corrected chi connectivity index (χ0v) is 19.6. The third kappa shape index (κ3) is 4.84. The van der Waals surface area contributed by atoms with Gasteiger partial charge >= 0.3 is 0 Å². The lowest BCUT2D eigenvalue weighted by molar-refractivity contribution is 0.0216. The molecular formula is C24H35NO3S. The van der Waals surface area contributed by atoms with Crippen molar-refractivity contribution in [3.63, 3.8) is 0 Å². The molecule has 1 heterocycles. The molecule has 2 rings (SSSR count). The van der Waals surface area contributed by atoms with E-state index >= 15 is 0 Å². The molecule has 29 heavy (non-hydrogen) atoms. The Morgan fingerprint density at radius 1 is 1.14 bits per heavy atom. The molecule has 1 amide bonds. The van der Waals surface area contributed by atoms with Crippen molar-refractivity contribution in [2.75, 3.05) is 6.61 Å². The fourth-order valence-corrected chi connectivity index (χ4v) is 5.02. The third-order valence-electron chi connectivity index (χ3n) is 5.94. The fraction of sp³-hybridized carbons (Fsp3) is 0.542. The molecule has 0 radical (unpaired) electrons. The van der Waals surface area contributed by atoms with E-state index < -0.39 is 6.10 Å². The first-order valence-electron chi connectivity index (χ1n) is 10.3. The topological polar surface area (TPSA) is 72.6 Å². The normalized spacial score (nSPS) is 13.4. The van der Waals surface area contributed by atoms with Crippen LogP contribution < -0.4 is 10.5 Å². The van der Waals surface area contributed by atoms with E-state index in [1.165, 1.54) is 21.8 Å². The maximum Gasteiger partial charge on any atom is 0.259 e. The number of thiophene rings is 1. The standard InChI is InChI=1S/C24H35NO3S/c1-8-24(9-2,20-13-16(4)21(29-20)22(25)27)17-10-11-18(15(3)12-17)28-14-19(26)23(5,6)7/h10-13,19,26H,8-9,14H2,1-7H3,(H2,25,27). The molecule has 0 aliphatic heterocycles. The number of rotatable bonds is 8. The van der Waals surface area contributed by atoms with Gasteiger partial charge < -0.3 is 15.6 Å². The van der Waals surface area contributed by atoms with E-state index in [0.29, 0.717) is 4.88 Å². The monoisotopic (exact) mass is 417 g/mol. The number of aliphatic hydroxyl groups excluding tert-OH is 1. The molecular weight excluding hydrogens is 382 g/mol. The fourth-order valence-electron chi connectivity index (χ4n) is 3.64. The van der Waals surface area contributed by atoms with Crippen molar-refractivity contribution in [2.24, 2.45) is 11.1 Å². The van der Waals surface area contributed by atoms with Crippen molar-refractivity contribution in [1.82, 2.24) is 0 Å². The van der Waals surface area contributed by atoms with Crippen LogP contribution in [-0.2, 0) is 5.41 Å². The van der Waals surface area contributed by atoms with Gasteiger partial charge in [0.15, 0.2) is 0 Å². The summed E-state index contributed by atoms with van der Waals surface area (Å²) in [4.78, 5) is 13.6. The van der Waals surface area contributed by atoms with Gasteiger partial charge in [-0.3, -0.25) is 4.79 Å². The first-order valence-corrected chi connectivity index (χ1v) is 11.1. The number of primary amides is 1. The van der Waals surface area contributed by atoms with Crippen molar-refractivity contribution in [3.8, 4) is 5.75 Å². The van der Waals surface area contributed by atoms with E-state index in [1.54, 1.807) is 0 Å². The molecule has 0 bridgehead atoms. The largest absolute Gasteiger partial charge is 0.491 e. The van der Waals surface area contributed by atoms with Gasteiger partial charge in [0.05, 0.1) is 11.0 Å². The number of nitrogens with two attached hydrogens (primary N) is 1. The molecule has 1 aromatic heterocycles. The quantitative estimate of drug-likeness (QED) is 0.607. The van der Waals surface area contributed by atoms with Gasteiger partial charge in [0.1, 0.15) is 12.4 Å². The highest BCUT2D eigenvalue weighted by Gasteiger charge is 2.34. The average molecular weight is 418 g/mol. The minimum absolute atomic E-state index is 0.169. The Morgan fingerprint density at radius 2 is 1.76 bits per heavy atom. The Balaban J connectivity index is 2.38. The van der Waals surface area contributed by atoms with Crippen LogP contribution in [0.5, 0.6) is 5.75 Å². The number of benzene rings is 1. The molecule has 5 heteroatoms. The lowest BCUT2D eigenvalue weighted by atomic mass is 9.74. The minimum atomic E-state index is -0.534. The Labute approximate surface area is 179 Å². The van der Waals surface area contributed by atoms with Gasteiger partial charge in [-0.25, -0.2) is 0 Å². The number of carbonyl (C=O) groups excluding carboxylic acids is 1. The number of carbonyl (C=O) groups is 1. The van der Waals surface area contributed by atoms with Gasteiger partial charge in [0.25, 0.3) is 5.91 Å². The number of amides is 1. The Bertz CT molecular complexity index is 859. The van der Waals surface area contributed by atoms with Gasteiger partial charge in [-0.15, -0.1) is 11.3 Å².